The lowest BCUT2D eigenvalue weighted by Gasteiger charge is -2.26. The maximum Gasteiger partial charge on any atom is 0.408 e. The summed E-state index contributed by atoms with van der Waals surface area (Å²) < 4.78 is 5.40. The van der Waals surface area contributed by atoms with Gasteiger partial charge in [0.2, 0.25) is 0 Å². The fraction of sp³-hybridized carbons (Fsp3) is 0.500. The second-order valence-electron chi connectivity index (χ2n) is 7.77. The van der Waals surface area contributed by atoms with Crippen LogP contribution in [0.15, 0.2) is 24.3 Å². The summed E-state index contributed by atoms with van der Waals surface area (Å²) in [5.41, 5.74) is 1.24. The number of rotatable bonds is 3. The molecule has 5 nitrogen and oxygen atoms in total. The zero-order valence-electron chi connectivity index (χ0n) is 15.8. The van der Waals surface area contributed by atoms with E-state index < -0.39 is 11.7 Å². The molecule has 1 atom stereocenters. The number of anilines is 1. The van der Waals surface area contributed by atoms with Crippen LogP contribution in [0.3, 0.4) is 0 Å². The number of benzene rings is 1. The Balaban J connectivity index is 1.97. The van der Waals surface area contributed by atoms with Crippen LogP contribution in [-0.2, 0) is 4.74 Å². The fourth-order valence-corrected chi connectivity index (χ4v) is 3.46. The van der Waals surface area contributed by atoms with Gasteiger partial charge >= 0.3 is 6.09 Å². The highest BCUT2D eigenvalue weighted by Crippen LogP contribution is 2.33. The molecule has 0 bridgehead atoms. The van der Waals surface area contributed by atoms with Crippen molar-refractivity contribution in [3.63, 3.8) is 0 Å². The first-order chi connectivity index (χ1) is 12.2. The Hall–Kier alpha value is -2.01. The predicted octanol–water partition coefficient (Wildman–Crippen LogP) is 5.07. The maximum absolute atomic E-state index is 12.2. The van der Waals surface area contributed by atoms with E-state index in [-0.39, 0.29) is 6.04 Å². The Kier molecular flexibility index (Phi) is 5.28. The molecule has 140 valence electrons. The van der Waals surface area contributed by atoms with Gasteiger partial charge in [0.15, 0.2) is 0 Å². The van der Waals surface area contributed by atoms with Gasteiger partial charge in [0.1, 0.15) is 11.4 Å². The molecule has 26 heavy (non-hydrogen) atoms. The minimum atomic E-state index is -0.531. The summed E-state index contributed by atoms with van der Waals surface area (Å²) in [6.07, 6.45) is 1.87. The third-order valence-electron chi connectivity index (χ3n) is 4.41. The van der Waals surface area contributed by atoms with Crippen LogP contribution in [0.5, 0.6) is 0 Å². The molecule has 1 amide bonds. The second kappa shape index (κ2) is 7.31. The van der Waals surface area contributed by atoms with Crippen molar-refractivity contribution >= 4 is 34.4 Å². The minimum Gasteiger partial charge on any atom is -0.444 e. The molecule has 0 spiro atoms. The molecule has 1 aromatic heterocycles. The molecule has 2 heterocycles. The summed E-state index contributed by atoms with van der Waals surface area (Å²) in [6, 6.07) is 7.61. The number of halogens is 1. The van der Waals surface area contributed by atoms with Gasteiger partial charge in [0, 0.05) is 24.0 Å². The second-order valence-corrected chi connectivity index (χ2v) is 8.18. The molecule has 1 fully saturated rings. The van der Waals surface area contributed by atoms with Gasteiger partial charge in [-0.25, -0.2) is 9.78 Å². The normalized spacial score (nSPS) is 16.0. The van der Waals surface area contributed by atoms with Crippen molar-refractivity contribution in [2.45, 2.75) is 52.2 Å². The monoisotopic (exact) mass is 375 g/mol. The number of amides is 1. The number of pyridine rings is 1. The van der Waals surface area contributed by atoms with Gasteiger partial charge in [-0.1, -0.05) is 23.7 Å². The Morgan fingerprint density at radius 3 is 2.65 bits per heavy atom. The zero-order valence-corrected chi connectivity index (χ0v) is 16.6. The van der Waals surface area contributed by atoms with Gasteiger partial charge in [0.25, 0.3) is 0 Å². The summed E-state index contributed by atoms with van der Waals surface area (Å²) in [4.78, 5) is 19.3. The van der Waals surface area contributed by atoms with Crippen molar-refractivity contribution in [1.82, 2.24) is 10.3 Å². The van der Waals surface area contributed by atoms with Gasteiger partial charge in [0.05, 0.1) is 16.6 Å². The van der Waals surface area contributed by atoms with E-state index in [1.807, 2.05) is 45.9 Å². The van der Waals surface area contributed by atoms with Crippen LogP contribution in [0.25, 0.3) is 10.9 Å². The van der Waals surface area contributed by atoms with E-state index in [0.717, 1.165) is 48.2 Å². The molecule has 0 saturated carbocycles. The molecular weight excluding hydrogens is 350 g/mol. The average molecular weight is 376 g/mol. The smallest absolute Gasteiger partial charge is 0.408 e. The molecule has 0 radical (unpaired) electrons. The van der Waals surface area contributed by atoms with Gasteiger partial charge < -0.3 is 15.0 Å². The summed E-state index contributed by atoms with van der Waals surface area (Å²) in [6.45, 7) is 9.45. The number of hydrogen-bond donors (Lipinski definition) is 1. The molecule has 1 aliphatic heterocycles. The lowest BCUT2D eigenvalue weighted by molar-refractivity contribution is 0.0508. The van der Waals surface area contributed by atoms with Crippen molar-refractivity contribution in [1.29, 1.82) is 0 Å². The third-order valence-corrected chi connectivity index (χ3v) is 4.72. The lowest BCUT2D eigenvalue weighted by Crippen LogP contribution is -2.34. The number of carbonyl (C=O) groups excluding carboxylic acids is 1. The molecule has 0 aliphatic carbocycles. The van der Waals surface area contributed by atoms with Crippen LogP contribution in [0, 0.1) is 0 Å². The highest BCUT2D eigenvalue weighted by atomic mass is 35.5. The summed E-state index contributed by atoms with van der Waals surface area (Å²) in [5, 5.41) is 4.54. The molecule has 1 aromatic carbocycles. The van der Waals surface area contributed by atoms with Crippen molar-refractivity contribution in [2.24, 2.45) is 0 Å². The standard InChI is InChI=1S/C20H26ClN3O2/c1-13(22-19(25)26-20(2,3)4)15-12-14-8-7-9-16(21)17(14)23-18(15)24-10-5-6-11-24/h7-9,12-13H,5-6,10-11H2,1-4H3,(H,22,25). The fourth-order valence-electron chi connectivity index (χ4n) is 3.23. The maximum atomic E-state index is 12.2. The highest BCUT2D eigenvalue weighted by molar-refractivity contribution is 6.35. The van der Waals surface area contributed by atoms with Crippen LogP contribution in [0.2, 0.25) is 5.02 Å². The molecule has 1 unspecified atom stereocenters. The van der Waals surface area contributed by atoms with Gasteiger partial charge in [-0.15, -0.1) is 0 Å². The highest BCUT2D eigenvalue weighted by Gasteiger charge is 2.24. The molecule has 6 heteroatoms. The first-order valence-corrected chi connectivity index (χ1v) is 9.46. The number of carbonyl (C=O) groups is 1. The number of hydrogen-bond acceptors (Lipinski definition) is 4. The Morgan fingerprint density at radius 1 is 1.31 bits per heavy atom. The average Bonchev–Trinajstić information content (AvgIpc) is 3.06. The third kappa shape index (κ3) is 4.21. The van der Waals surface area contributed by atoms with E-state index in [4.69, 9.17) is 21.3 Å². The molecule has 1 aliphatic rings. The van der Waals surface area contributed by atoms with Gasteiger partial charge in [-0.2, -0.15) is 0 Å². The quantitative estimate of drug-likeness (QED) is 0.813. The lowest BCUT2D eigenvalue weighted by atomic mass is 10.1. The molecule has 3 rings (SSSR count). The van der Waals surface area contributed by atoms with Crippen molar-refractivity contribution < 1.29 is 9.53 Å². The van der Waals surface area contributed by atoms with Crippen LogP contribution < -0.4 is 10.2 Å². The Morgan fingerprint density at radius 2 is 2.00 bits per heavy atom. The molecule has 2 aromatic rings. The number of fused-ring (bicyclic) bond motifs is 1. The van der Waals surface area contributed by atoms with E-state index in [1.165, 1.54) is 0 Å². The Bertz CT molecular complexity index is 811. The predicted molar refractivity (Wildman–Crippen MR) is 106 cm³/mol. The molecule has 1 saturated heterocycles. The van der Waals surface area contributed by atoms with Crippen LogP contribution in [-0.4, -0.2) is 29.8 Å². The van der Waals surface area contributed by atoms with Crippen molar-refractivity contribution in [2.75, 3.05) is 18.0 Å². The number of aromatic nitrogens is 1. The van der Waals surface area contributed by atoms with Gasteiger partial charge in [-0.05, 0) is 52.7 Å². The van der Waals surface area contributed by atoms with Crippen molar-refractivity contribution in [3.05, 3.63) is 34.9 Å². The first kappa shape index (κ1) is 18.8. The SMILES string of the molecule is CC(NC(=O)OC(C)(C)C)c1cc2cccc(Cl)c2nc1N1CCCC1. The number of para-hydroxylation sites is 1. The largest absolute Gasteiger partial charge is 0.444 e. The van der Waals surface area contributed by atoms with E-state index in [9.17, 15) is 4.79 Å². The van der Waals surface area contributed by atoms with Crippen LogP contribution >= 0.6 is 11.6 Å². The minimum absolute atomic E-state index is 0.226. The van der Waals surface area contributed by atoms with E-state index in [1.54, 1.807) is 0 Å². The zero-order chi connectivity index (χ0) is 18.9. The van der Waals surface area contributed by atoms with Gasteiger partial charge in [-0.3, -0.25) is 0 Å². The Labute approximate surface area is 159 Å². The number of nitrogens with zero attached hydrogens (tertiary/aromatic N) is 2. The summed E-state index contributed by atoms with van der Waals surface area (Å²) in [7, 11) is 0. The molecular formula is C20H26ClN3O2. The van der Waals surface area contributed by atoms with E-state index in [0.29, 0.717) is 5.02 Å². The number of alkyl carbamates (subject to hydrolysis) is 1. The van der Waals surface area contributed by atoms with E-state index >= 15 is 0 Å². The first-order valence-electron chi connectivity index (χ1n) is 9.08. The van der Waals surface area contributed by atoms with Crippen LogP contribution in [0.1, 0.15) is 52.1 Å². The van der Waals surface area contributed by atoms with E-state index in [2.05, 4.69) is 16.3 Å². The molecule has 1 N–H and O–H groups in total. The van der Waals surface area contributed by atoms with Crippen molar-refractivity contribution in [3.8, 4) is 0 Å². The number of nitrogens with one attached hydrogen (secondary N) is 1. The topological polar surface area (TPSA) is 54.5 Å². The summed E-state index contributed by atoms with van der Waals surface area (Å²) >= 11 is 6.35. The summed E-state index contributed by atoms with van der Waals surface area (Å²) in [5.74, 6) is 0.895. The van der Waals surface area contributed by atoms with Crippen LogP contribution in [0.4, 0.5) is 10.6 Å². The number of ether oxygens (including phenoxy) is 1.